The fourth-order valence-electron chi connectivity index (χ4n) is 6.74. The van der Waals surface area contributed by atoms with E-state index in [0.717, 1.165) is 44.5 Å². The van der Waals surface area contributed by atoms with Crippen LogP contribution in [-0.2, 0) is 32.6 Å². The van der Waals surface area contributed by atoms with Crippen molar-refractivity contribution in [1.82, 2.24) is 14.7 Å². The Morgan fingerprint density at radius 2 is 1.42 bits per heavy atom. The summed E-state index contributed by atoms with van der Waals surface area (Å²) >= 11 is 1.50. The molecule has 2 aromatic heterocycles. The maximum Gasteiger partial charge on any atom is 0.256 e. The average Bonchev–Trinajstić information content (AvgIpc) is 3.68. The molecule has 2 N–H and O–H groups in total. The monoisotopic (exact) mass is 769 g/mol. The quantitative estimate of drug-likeness (QED) is 0.117. The summed E-state index contributed by atoms with van der Waals surface area (Å²) in [5.74, 6) is 1.22. The van der Waals surface area contributed by atoms with E-state index < -0.39 is 16.3 Å². The van der Waals surface area contributed by atoms with E-state index in [-0.39, 0.29) is 36.2 Å². The first-order valence-electron chi connectivity index (χ1n) is 18.0. The summed E-state index contributed by atoms with van der Waals surface area (Å²) in [6.07, 6.45) is 0.341. The van der Waals surface area contributed by atoms with Gasteiger partial charge in [-0.3, -0.25) is 4.98 Å². The molecule has 5 aromatic carbocycles. The summed E-state index contributed by atoms with van der Waals surface area (Å²) in [6.45, 7) is 2.17. The molecule has 278 valence electrons. The van der Waals surface area contributed by atoms with Gasteiger partial charge in [0, 0.05) is 46.5 Å². The molecular formula is C44H39N3O6S2. The van der Waals surface area contributed by atoms with Crippen molar-refractivity contribution in [3.63, 3.8) is 0 Å². The van der Waals surface area contributed by atoms with Gasteiger partial charge >= 0.3 is 0 Å². The average molecular weight is 770 g/mol. The fraction of sp³-hybridized carbons (Fsp3) is 0.182. The van der Waals surface area contributed by atoms with Gasteiger partial charge in [0.1, 0.15) is 10.6 Å². The summed E-state index contributed by atoms with van der Waals surface area (Å²) in [5.41, 5.74) is 6.52. The number of aliphatic hydroxyl groups excluding tert-OH is 1. The third-order valence-electron chi connectivity index (χ3n) is 9.79. The summed E-state index contributed by atoms with van der Waals surface area (Å²) in [5, 5.41) is 11.0. The van der Waals surface area contributed by atoms with Gasteiger partial charge in [-0.25, -0.2) is 18.1 Å². The first kappa shape index (κ1) is 36.8. The van der Waals surface area contributed by atoms with E-state index in [4.69, 9.17) is 18.9 Å². The lowest BCUT2D eigenvalue weighted by molar-refractivity contribution is -0.268. The molecule has 8 rings (SSSR count). The Hall–Kier alpha value is -5.14. The molecule has 1 fully saturated rings. The van der Waals surface area contributed by atoms with Crippen molar-refractivity contribution in [3.8, 4) is 22.6 Å². The number of para-hydroxylation sites is 1. The second kappa shape index (κ2) is 16.3. The molecule has 0 aliphatic carbocycles. The molecule has 0 saturated carbocycles. The normalized spacial score (nSPS) is 18.7. The topological polar surface area (TPSA) is 124 Å². The molecule has 0 amide bonds. The minimum Gasteiger partial charge on any atom is -0.431 e. The lowest BCUT2D eigenvalue weighted by Crippen LogP contribution is -2.38. The summed E-state index contributed by atoms with van der Waals surface area (Å²) in [4.78, 5) is 9.40. The number of sulfonamides is 1. The van der Waals surface area contributed by atoms with E-state index in [1.54, 1.807) is 24.4 Å². The second-order valence-electron chi connectivity index (χ2n) is 13.4. The molecule has 0 radical (unpaired) electrons. The lowest BCUT2D eigenvalue weighted by atomic mass is 9.91. The maximum atomic E-state index is 13.3. The molecule has 1 saturated heterocycles. The number of nitrogens with one attached hydrogen (secondary N) is 1. The van der Waals surface area contributed by atoms with Gasteiger partial charge in [-0.15, -0.1) is 0 Å². The Morgan fingerprint density at radius 1 is 0.745 bits per heavy atom. The number of hydrogen-bond acceptors (Lipinski definition) is 9. The number of benzene rings is 5. The Balaban J connectivity index is 1.02. The first-order valence-corrected chi connectivity index (χ1v) is 20.5. The molecule has 3 heterocycles. The van der Waals surface area contributed by atoms with Crippen LogP contribution in [0.4, 0.5) is 0 Å². The van der Waals surface area contributed by atoms with Crippen LogP contribution in [0.3, 0.4) is 0 Å². The molecular weight excluding hydrogens is 731 g/mol. The minimum absolute atomic E-state index is 0.0419. The zero-order valence-corrected chi connectivity index (χ0v) is 31.6. The van der Waals surface area contributed by atoms with Gasteiger partial charge < -0.3 is 19.0 Å². The SMILES string of the molecule is C[C@H]1[C@@H](CSc2nc(-c3ccccc3)c(-c3ccccc3)o2)OC(c2ccc(CNS(=O)(=O)c3cccc4cccnc34)cc2)O[C@H]1c1ccc(CO)cc1. The van der Waals surface area contributed by atoms with Gasteiger partial charge in [-0.05, 0) is 28.8 Å². The van der Waals surface area contributed by atoms with Crippen molar-refractivity contribution in [2.24, 2.45) is 5.92 Å². The van der Waals surface area contributed by atoms with Gasteiger partial charge in [0.2, 0.25) is 10.0 Å². The number of ether oxygens (including phenoxy) is 2. The third kappa shape index (κ3) is 8.13. The first-order chi connectivity index (χ1) is 26.9. The van der Waals surface area contributed by atoms with Crippen molar-refractivity contribution in [3.05, 3.63) is 168 Å². The fourth-order valence-corrected chi connectivity index (χ4v) is 8.93. The van der Waals surface area contributed by atoms with Crippen molar-refractivity contribution in [1.29, 1.82) is 0 Å². The highest BCUT2D eigenvalue weighted by Crippen LogP contribution is 2.44. The van der Waals surface area contributed by atoms with Crippen LogP contribution in [-0.4, -0.2) is 35.3 Å². The largest absolute Gasteiger partial charge is 0.431 e. The highest BCUT2D eigenvalue weighted by molar-refractivity contribution is 7.99. The smallest absolute Gasteiger partial charge is 0.256 e. The molecule has 1 unspecified atom stereocenters. The number of fused-ring (bicyclic) bond motifs is 1. The van der Waals surface area contributed by atoms with E-state index in [2.05, 4.69) is 16.6 Å². The van der Waals surface area contributed by atoms with E-state index in [1.165, 1.54) is 11.8 Å². The summed E-state index contributed by atoms with van der Waals surface area (Å²) in [6, 6.07) is 44.1. The standard InChI is InChI=1S/C44H39N3O6S2/c1-29-37(28-54-44-47-40(33-10-4-2-5-11-33)42(53-44)34-12-6-3-7-13-34)51-43(52-41(29)35-21-19-31(27-48)20-22-35)36-23-17-30(18-24-36)26-46-55(49,50)38-16-8-14-32-15-9-25-45-39(32)38/h2-25,29,37,41,43,46,48H,26-28H2,1H3/t29-,37+,41+,43?/m0/s1. The molecule has 7 aromatic rings. The van der Waals surface area contributed by atoms with Gasteiger partial charge in [-0.1, -0.05) is 146 Å². The Labute approximate surface area is 324 Å². The molecule has 11 heteroatoms. The molecule has 4 atom stereocenters. The van der Waals surface area contributed by atoms with E-state index in [1.807, 2.05) is 121 Å². The predicted molar refractivity (Wildman–Crippen MR) is 213 cm³/mol. The third-order valence-corrected chi connectivity index (χ3v) is 12.1. The molecule has 1 aliphatic heterocycles. The highest BCUT2D eigenvalue weighted by atomic mass is 32.2. The number of pyridine rings is 1. The van der Waals surface area contributed by atoms with Crippen LogP contribution >= 0.6 is 11.8 Å². The van der Waals surface area contributed by atoms with Crippen LogP contribution < -0.4 is 4.72 Å². The van der Waals surface area contributed by atoms with Crippen LogP contribution in [0.1, 0.15) is 41.6 Å². The van der Waals surface area contributed by atoms with Crippen LogP contribution in [0.5, 0.6) is 0 Å². The number of aromatic nitrogens is 2. The van der Waals surface area contributed by atoms with E-state index >= 15 is 0 Å². The highest BCUT2D eigenvalue weighted by Gasteiger charge is 2.39. The lowest BCUT2D eigenvalue weighted by Gasteiger charge is -2.41. The van der Waals surface area contributed by atoms with Crippen molar-refractivity contribution in [2.75, 3.05) is 5.75 Å². The van der Waals surface area contributed by atoms with Gasteiger partial charge in [-0.2, -0.15) is 0 Å². The van der Waals surface area contributed by atoms with Crippen LogP contribution in [0, 0.1) is 5.92 Å². The van der Waals surface area contributed by atoms with Crippen molar-refractivity contribution >= 4 is 32.7 Å². The number of nitrogens with zero attached hydrogens (tertiary/aromatic N) is 2. The maximum absolute atomic E-state index is 13.3. The van der Waals surface area contributed by atoms with Crippen LogP contribution in [0.15, 0.2) is 160 Å². The molecule has 55 heavy (non-hydrogen) atoms. The summed E-state index contributed by atoms with van der Waals surface area (Å²) in [7, 11) is -3.83. The Morgan fingerprint density at radius 3 is 2.15 bits per heavy atom. The molecule has 0 bridgehead atoms. The number of thioether (sulfide) groups is 1. The minimum atomic E-state index is -3.83. The zero-order valence-electron chi connectivity index (χ0n) is 30.0. The van der Waals surface area contributed by atoms with Crippen molar-refractivity contribution in [2.45, 2.75) is 48.7 Å². The van der Waals surface area contributed by atoms with Gasteiger partial charge in [0.25, 0.3) is 5.22 Å². The van der Waals surface area contributed by atoms with Crippen LogP contribution in [0.25, 0.3) is 33.5 Å². The number of aliphatic hydroxyl groups is 1. The van der Waals surface area contributed by atoms with Crippen LogP contribution in [0.2, 0.25) is 0 Å². The molecule has 1 aliphatic rings. The number of hydrogen-bond donors (Lipinski definition) is 2. The Kier molecular flexibility index (Phi) is 10.9. The molecule has 9 nitrogen and oxygen atoms in total. The van der Waals surface area contributed by atoms with Crippen molar-refractivity contribution < 1.29 is 27.4 Å². The van der Waals surface area contributed by atoms with E-state index in [9.17, 15) is 13.5 Å². The Bertz CT molecular complexity index is 2420. The van der Waals surface area contributed by atoms with Gasteiger partial charge in [0.15, 0.2) is 12.1 Å². The number of rotatable bonds is 12. The molecule has 0 spiro atoms. The predicted octanol–water partition coefficient (Wildman–Crippen LogP) is 9.11. The van der Waals surface area contributed by atoms with Gasteiger partial charge in [0.05, 0.1) is 24.3 Å². The second-order valence-corrected chi connectivity index (χ2v) is 16.1. The number of oxazole rings is 1. The summed E-state index contributed by atoms with van der Waals surface area (Å²) < 4.78 is 49.2. The zero-order chi connectivity index (χ0) is 37.8. The van der Waals surface area contributed by atoms with E-state index in [0.29, 0.717) is 22.3 Å².